The van der Waals surface area contributed by atoms with Crippen molar-refractivity contribution in [1.82, 2.24) is 15.5 Å². The molecule has 0 saturated carbocycles. The minimum Gasteiger partial charge on any atom is -0.333 e. The summed E-state index contributed by atoms with van der Waals surface area (Å²) in [6, 6.07) is 5.36. The highest BCUT2D eigenvalue weighted by atomic mass is 32.1. The van der Waals surface area contributed by atoms with Crippen molar-refractivity contribution in [3.63, 3.8) is 0 Å². The molecular weight excluding hydrogens is 289 g/mol. The van der Waals surface area contributed by atoms with Crippen LogP contribution in [0, 0.1) is 12.7 Å². The van der Waals surface area contributed by atoms with Gasteiger partial charge in [0.1, 0.15) is 5.82 Å². The molecular formula is C15H16FN3OS. The topological polar surface area (TPSA) is 51.0 Å². The average molecular weight is 305 g/mol. The lowest BCUT2D eigenvalue weighted by atomic mass is 10.1. The van der Waals surface area contributed by atoms with E-state index in [9.17, 15) is 4.39 Å². The zero-order chi connectivity index (χ0) is 15.0. The van der Waals surface area contributed by atoms with Gasteiger partial charge in [-0.2, -0.15) is 4.98 Å². The first-order chi connectivity index (χ1) is 10.1. The number of halogens is 1. The minimum absolute atomic E-state index is 0.212. The van der Waals surface area contributed by atoms with E-state index in [0.29, 0.717) is 23.5 Å². The lowest BCUT2D eigenvalue weighted by Crippen LogP contribution is -2.24. The Balaban J connectivity index is 2.01. The Hall–Kier alpha value is -1.79. The number of hydrogen-bond donors (Lipinski definition) is 1. The number of hydrogen-bond acceptors (Lipinski definition) is 5. The van der Waals surface area contributed by atoms with Crippen LogP contribution in [0.5, 0.6) is 0 Å². The van der Waals surface area contributed by atoms with Crippen LogP contribution in [0.25, 0.3) is 20.9 Å². The van der Waals surface area contributed by atoms with Gasteiger partial charge in [0.15, 0.2) is 5.82 Å². The van der Waals surface area contributed by atoms with Crippen LogP contribution in [-0.2, 0) is 6.42 Å². The highest BCUT2D eigenvalue weighted by molar-refractivity contribution is 7.22. The zero-order valence-electron chi connectivity index (χ0n) is 12.1. The number of rotatable bonds is 4. The van der Waals surface area contributed by atoms with Crippen molar-refractivity contribution >= 4 is 21.4 Å². The maximum absolute atomic E-state index is 13.9. The summed E-state index contributed by atoms with van der Waals surface area (Å²) in [5.41, 5.74) is 0.852. The minimum atomic E-state index is -0.212. The number of benzene rings is 1. The largest absolute Gasteiger partial charge is 0.333 e. The predicted molar refractivity (Wildman–Crippen MR) is 82.0 cm³/mol. The molecule has 4 nitrogen and oxygen atoms in total. The van der Waals surface area contributed by atoms with Crippen LogP contribution in [0.3, 0.4) is 0 Å². The number of aromatic nitrogens is 2. The molecule has 0 spiro atoms. The van der Waals surface area contributed by atoms with Crippen LogP contribution >= 0.6 is 11.3 Å². The lowest BCUT2D eigenvalue weighted by Gasteiger charge is -2.04. The Morgan fingerprint density at radius 2 is 2.24 bits per heavy atom. The fraction of sp³-hybridized carbons (Fsp3) is 0.333. The molecule has 0 radical (unpaired) electrons. The Kier molecular flexibility index (Phi) is 3.73. The molecule has 6 heteroatoms. The van der Waals surface area contributed by atoms with Gasteiger partial charge < -0.3 is 9.84 Å². The van der Waals surface area contributed by atoms with Crippen LogP contribution < -0.4 is 5.32 Å². The van der Waals surface area contributed by atoms with Crippen LogP contribution in [0.4, 0.5) is 4.39 Å². The molecule has 3 rings (SSSR count). The van der Waals surface area contributed by atoms with Gasteiger partial charge >= 0.3 is 0 Å². The molecule has 1 unspecified atom stereocenters. The molecule has 0 aliphatic heterocycles. The molecule has 1 atom stereocenters. The fourth-order valence-electron chi connectivity index (χ4n) is 2.26. The molecule has 3 aromatic rings. The van der Waals surface area contributed by atoms with Gasteiger partial charge in [-0.05, 0) is 38.6 Å². The van der Waals surface area contributed by atoms with Gasteiger partial charge in [0.25, 0.3) is 5.89 Å². The number of aryl methyl sites for hydroxylation is 1. The van der Waals surface area contributed by atoms with E-state index in [0.717, 1.165) is 15.1 Å². The smallest absolute Gasteiger partial charge is 0.268 e. The molecule has 0 bridgehead atoms. The molecule has 0 fully saturated rings. The van der Waals surface area contributed by atoms with Crippen molar-refractivity contribution in [2.75, 3.05) is 7.05 Å². The molecule has 21 heavy (non-hydrogen) atoms. The highest BCUT2D eigenvalue weighted by Crippen LogP contribution is 2.38. The number of thiophene rings is 1. The number of likely N-dealkylation sites (N-methyl/N-ethyl adjacent to an activating group) is 1. The number of fused-ring (bicyclic) bond motifs is 1. The van der Waals surface area contributed by atoms with Gasteiger partial charge in [0.2, 0.25) is 0 Å². The summed E-state index contributed by atoms with van der Waals surface area (Å²) in [5.74, 6) is 0.909. The predicted octanol–water partition coefficient (Wildman–Crippen LogP) is 3.55. The van der Waals surface area contributed by atoms with Gasteiger partial charge in [0.05, 0.1) is 4.88 Å². The standard InChI is InChI=1S/C15H16FN3OS/c1-8(17-3)7-12-18-15(20-19-12)14-9(2)13-10(16)5-4-6-11(13)21-14/h4-6,8,17H,7H2,1-3H3. The summed E-state index contributed by atoms with van der Waals surface area (Å²) in [7, 11) is 1.89. The summed E-state index contributed by atoms with van der Waals surface area (Å²) in [4.78, 5) is 5.26. The molecule has 1 N–H and O–H groups in total. The highest BCUT2D eigenvalue weighted by Gasteiger charge is 2.18. The third-order valence-electron chi connectivity index (χ3n) is 3.55. The Bertz CT molecular complexity index is 780. The molecule has 0 amide bonds. The monoisotopic (exact) mass is 305 g/mol. The maximum Gasteiger partial charge on any atom is 0.268 e. The van der Waals surface area contributed by atoms with Crippen LogP contribution in [-0.4, -0.2) is 23.2 Å². The lowest BCUT2D eigenvalue weighted by molar-refractivity contribution is 0.419. The Labute approximate surface area is 126 Å². The third kappa shape index (κ3) is 2.56. The molecule has 110 valence electrons. The molecule has 2 aromatic heterocycles. The first kappa shape index (κ1) is 14.2. The summed E-state index contributed by atoms with van der Waals surface area (Å²) in [6.45, 7) is 3.94. The second-order valence-corrected chi connectivity index (χ2v) is 6.13. The summed E-state index contributed by atoms with van der Waals surface area (Å²) < 4.78 is 20.2. The van der Waals surface area contributed by atoms with Crippen LogP contribution in [0.1, 0.15) is 18.3 Å². The first-order valence-electron chi connectivity index (χ1n) is 6.78. The van der Waals surface area contributed by atoms with Crippen molar-refractivity contribution in [1.29, 1.82) is 0 Å². The van der Waals surface area contributed by atoms with Gasteiger partial charge in [-0.15, -0.1) is 11.3 Å². The van der Waals surface area contributed by atoms with E-state index in [-0.39, 0.29) is 11.9 Å². The second-order valence-electron chi connectivity index (χ2n) is 5.08. The van der Waals surface area contributed by atoms with Crippen molar-refractivity contribution in [3.05, 3.63) is 35.4 Å². The first-order valence-corrected chi connectivity index (χ1v) is 7.59. The van der Waals surface area contributed by atoms with Gasteiger partial charge in [0, 0.05) is 22.5 Å². The van der Waals surface area contributed by atoms with Crippen LogP contribution in [0.2, 0.25) is 0 Å². The molecule has 0 aliphatic carbocycles. The van der Waals surface area contributed by atoms with Crippen LogP contribution in [0.15, 0.2) is 22.7 Å². The fourth-order valence-corrected chi connectivity index (χ4v) is 3.41. The van der Waals surface area contributed by atoms with Crippen molar-refractivity contribution in [3.8, 4) is 10.8 Å². The van der Waals surface area contributed by atoms with Gasteiger partial charge in [-0.25, -0.2) is 4.39 Å². The molecule has 1 aromatic carbocycles. The molecule has 0 aliphatic rings. The van der Waals surface area contributed by atoms with Gasteiger partial charge in [-0.1, -0.05) is 11.2 Å². The normalized spacial score (nSPS) is 13.0. The van der Waals surface area contributed by atoms with E-state index in [4.69, 9.17) is 4.52 Å². The molecule has 2 heterocycles. The van der Waals surface area contributed by atoms with Crippen molar-refractivity contribution in [2.24, 2.45) is 0 Å². The Morgan fingerprint density at radius 1 is 1.43 bits per heavy atom. The Morgan fingerprint density at radius 3 is 2.95 bits per heavy atom. The average Bonchev–Trinajstić information content (AvgIpc) is 3.04. The van der Waals surface area contributed by atoms with E-state index in [1.807, 2.05) is 20.0 Å². The number of nitrogens with one attached hydrogen (secondary N) is 1. The third-order valence-corrected chi connectivity index (χ3v) is 4.79. The zero-order valence-corrected chi connectivity index (χ0v) is 12.9. The van der Waals surface area contributed by atoms with E-state index in [1.54, 1.807) is 6.07 Å². The quantitative estimate of drug-likeness (QED) is 0.801. The SMILES string of the molecule is CNC(C)Cc1noc(-c2sc3cccc(F)c3c2C)n1. The molecule has 0 saturated heterocycles. The maximum atomic E-state index is 13.9. The van der Waals surface area contributed by atoms with Crippen molar-refractivity contribution < 1.29 is 8.91 Å². The van der Waals surface area contributed by atoms with E-state index in [2.05, 4.69) is 22.4 Å². The second kappa shape index (κ2) is 5.54. The van der Waals surface area contributed by atoms with E-state index < -0.39 is 0 Å². The van der Waals surface area contributed by atoms with E-state index >= 15 is 0 Å². The van der Waals surface area contributed by atoms with E-state index in [1.165, 1.54) is 17.4 Å². The number of nitrogens with zero attached hydrogens (tertiary/aromatic N) is 2. The van der Waals surface area contributed by atoms with Crippen molar-refractivity contribution in [2.45, 2.75) is 26.3 Å². The summed E-state index contributed by atoms with van der Waals surface area (Å²) in [5, 5.41) is 7.77. The summed E-state index contributed by atoms with van der Waals surface area (Å²) in [6.07, 6.45) is 0.693. The summed E-state index contributed by atoms with van der Waals surface area (Å²) >= 11 is 1.48. The van der Waals surface area contributed by atoms with Gasteiger partial charge in [-0.3, -0.25) is 0 Å².